The van der Waals surface area contributed by atoms with Crippen molar-refractivity contribution in [2.75, 3.05) is 0 Å². The monoisotopic (exact) mass is 249 g/mol. The van der Waals surface area contributed by atoms with Gasteiger partial charge < -0.3 is 4.84 Å². The topological polar surface area (TPSA) is 38.7 Å². The van der Waals surface area contributed by atoms with Crippen molar-refractivity contribution in [2.45, 2.75) is 44.9 Å². The molecule has 4 heteroatoms. The average molecular weight is 250 g/mol. The molecule has 0 rings (SSSR count). The number of carbonyl (C=O) groups is 1. The molecular formula is C9H16BrNO2. The lowest BCUT2D eigenvalue weighted by molar-refractivity contribution is -0.142. The first-order valence-electron chi connectivity index (χ1n) is 4.52. The molecule has 0 amide bonds. The fourth-order valence-electron chi connectivity index (χ4n) is 0.758. The molecule has 0 fully saturated rings. The lowest BCUT2D eigenvalue weighted by Crippen LogP contribution is -2.12. The van der Waals surface area contributed by atoms with Crippen molar-refractivity contribution in [2.24, 2.45) is 5.16 Å². The SMILES string of the molecule is CCC/C(CC)=N\OC(=O)C(C)Br. The highest BCUT2D eigenvalue weighted by Crippen LogP contribution is 2.03. The Hall–Kier alpha value is -0.380. The average Bonchev–Trinajstić information content (AvgIpc) is 2.11. The minimum absolute atomic E-state index is 0.295. The summed E-state index contributed by atoms with van der Waals surface area (Å²) in [6.07, 6.45) is 2.74. The third-order valence-electron chi connectivity index (χ3n) is 1.54. The first-order valence-corrected chi connectivity index (χ1v) is 5.44. The maximum Gasteiger partial charge on any atom is 0.348 e. The Kier molecular flexibility index (Phi) is 6.86. The van der Waals surface area contributed by atoms with E-state index in [1.54, 1.807) is 6.92 Å². The molecular weight excluding hydrogens is 234 g/mol. The van der Waals surface area contributed by atoms with E-state index in [0.29, 0.717) is 0 Å². The van der Waals surface area contributed by atoms with E-state index in [1.807, 2.05) is 6.92 Å². The number of hydrogen-bond acceptors (Lipinski definition) is 3. The van der Waals surface area contributed by atoms with Gasteiger partial charge in [0.2, 0.25) is 0 Å². The number of rotatable bonds is 5. The second-order valence-corrected chi connectivity index (χ2v) is 4.16. The van der Waals surface area contributed by atoms with Crippen molar-refractivity contribution in [3.8, 4) is 0 Å². The molecule has 0 saturated carbocycles. The predicted octanol–water partition coefficient (Wildman–Crippen LogP) is 2.88. The van der Waals surface area contributed by atoms with Crippen molar-refractivity contribution in [1.82, 2.24) is 0 Å². The Morgan fingerprint density at radius 3 is 2.54 bits per heavy atom. The van der Waals surface area contributed by atoms with Crippen molar-refractivity contribution in [3.05, 3.63) is 0 Å². The van der Waals surface area contributed by atoms with E-state index in [9.17, 15) is 4.79 Å². The van der Waals surface area contributed by atoms with Gasteiger partial charge in [0.1, 0.15) is 4.83 Å². The van der Waals surface area contributed by atoms with Crippen LogP contribution in [0.15, 0.2) is 5.16 Å². The van der Waals surface area contributed by atoms with Crippen molar-refractivity contribution < 1.29 is 9.63 Å². The highest BCUT2D eigenvalue weighted by atomic mass is 79.9. The first kappa shape index (κ1) is 12.6. The van der Waals surface area contributed by atoms with Crippen LogP contribution in [0.2, 0.25) is 0 Å². The van der Waals surface area contributed by atoms with Crippen LogP contribution in [0.4, 0.5) is 0 Å². The third kappa shape index (κ3) is 5.80. The molecule has 0 bridgehead atoms. The summed E-state index contributed by atoms with van der Waals surface area (Å²) in [5, 5.41) is 3.79. The Bertz CT molecular complexity index is 190. The van der Waals surface area contributed by atoms with Crippen LogP contribution in [0.3, 0.4) is 0 Å². The van der Waals surface area contributed by atoms with Crippen LogP contribution < -0.4 is 0 Å². The standard InChI is InChI=1S/C9H16BrNO2/c1-4-6-8(5-2)11-13-9(12)7(3)10/h7H,4-6H2,1-3H3/b11-8-. The lowest BCUT2D eigenvalue weighted by Gasteiger charge is -2.02. The van der Waals surface area contributed by atoms with Crippen LogP contribution in [-0.2, 0) is 9.63 Å². The Morgan fingerprint density at radius 2 is 2.15 bits per heavy atom. The molecule has 0 aliphatic rings. The minimum Gasteiger partial charge on any atom is -0.317 e. The first-order chi connectivity index (χ1) is 6.11. The van der Waals surface area contributed by atoms with Crippen LogP contribution in [0, 0.1) is 0 Å². The maximum atomic E-state index is 11.0. The van der Waals surface area contributed by atoms with Gasteiger partial charge >= 0.3 is 5.97 Å². The zero-order chi connectivity index (χ0) is 10.3. The van der Waals surface area contributed by atoms with Gasteiger partial charge in [-0.15, -0.1) is 0 Å². The fourth-order valence-corrected chi connectivity index (χ4v) is 0.841. The van der Waals surface area contributed by atoms with E-state index in [4.69, 9.17) is 4.84 Å². The second kappa shape index (κ2) is 7.06. The normalized spacial score (nSPS) is 14.0. The fraction of sp³-hybridized carbons (Fsp3) is 0.778. The predicted molar refractivity (Wildman–Crippen MR) is 57.1 cm³/mol. The van der Waals surface area contributed by atoms with Gasteiger partial charge in [0, 0.05) is 0 Å². The minimum atomic E-state index is -0.345. The van der Waals surface area contributed by atoms with Gasteiger partial charge in [-0.3, -0.25) is 0 Å². The molecule has 0 aromatic rings. The highest BCUT2D eigenvalue weighted by Gasteiger charge is 2.10. The summed E-state index contributed by atoms with van der Waals surface area (Å²) in [5.74, 6) is -0.345. The number of oxime groups is 1. The van der Waals surface area contributed by atoms with E-state index < -0.39 is 0 Å². The van der Waals surface area contributed by atoms with Gasteiger partial charge in [0.25, 0.3) is 0 Å². The molecule has 0 spiro atoms. The summed E-state index contributed by atoms with van der Waals surface area (Å²) in [6.45, 7) is 5.78. The molecule has 13 heavy (non-hydrogen) atoms. The van der Waals surface area contributed by atoms with E-state index in [2.05, 4.69) is 28.0 Å². The second-order valence-electron chi connectivity index (χ2n) is 2.79. The molecule has 1 atom stereocenters. The largest absolute Gasteiger partial charge is 0.348 e. The van der Waals surface area contributed by atoms with Crippen LogP contribution in [0.5, 0.6) is 0 Å². The van der Waals surface area contributed by atoms with E-state index in [-0.39, 0.29) is 10.8 Å². The van der Waals surface area contributed by atoms with Crippen molar-refractivity contribution >= 4 is 27.6 Å². The summed E-state index contributed by atoms with van der Waals surface area (Å²) in [5.41, 5.74) is 0.934. The summed E-state index contributed by atoms with van der Waals surface area (Å²) >= 11 is 3.11. The molecule has 0 aromatic heterocycles. The number of nitrogens with zero attached hydrogens (tertiary/aromatic N) is 1. The number of carbonyl (C=O) groups excluding carboxylic acids is 1. The zero-order valence-corrected chi connectivity index (χ0v) is 9.93. The molecule has 0 aliphatic carbocycles. The molecule has 0 heterocycles. The summed E-state index contributed by atoms with van der Waals surface area (Å²) in [4.78, 5) is 15.4. The van der Waals surface area contributed by atoms with Gasteiger partial charge in [-0.1, -0.05) is 41.4 Å². The molecule has 0 aromatic carbocycles. The molecule has 0 aliphatic heterocycles. The molecule has 1 unspecified atom stereocenters. The van der Waals surface area contributed by atoms with Gasteiger partial charge in [0.15, 0.2) is 0 Å². The van der Waals surface area contributed by atoms with Crippen LogP contribution in [0.25, 0.3) is 0 Å². The summed E-state index contributed by atoms with van der Waals surface area (Å²) in [6, 6.07) is 0. The summed E-state index contributed by atoms with van der Waals surface area (Å²) < 4.78 is 0. The summed E-state index contributed by atoms with van der Waals surface area (Å²) in [7, 11) is 0. The Balaban J connectivity index is 3.98. The lowest BCUT2D eigenvalue weighted by atomic mass is 10.2. The van der Waals surface area contributed by atoms with E-state index in [1.165, 1.54) is 0 Å². The Labute approximate surface area is 87.7 Å². The van der Waals surface area contributed by atoms with Gasteiger partial charge in [-0.25, -0.2) is 4.79 Å². The molecule has 0 radical (unpaired) electrons. The molecule has 3 nitrogen and oxygen atoms in total. The van der Waals surface area contributed by atoms with Crippen LogP contribution in [0.1, 0.15) is 40.0 Å². The van der Waals surface area contributed by atoms with Gasteiger partial charge in [0.05, 0.1) is 5.71 Å². The number of hydrogen-bond donors (Lipinski definition) is 0. The van der Waals surface area contributed by atoms with Crippen molar-refractivity contribution in [1.29, 1.82) is 0 Å². The van der Waals surface area contributed by atoms with E-state index in [0.717, 1.165) is 25.0 Å². The third-order valence-corrected chi connectivity index (χ3v) is 1.91. The maximum absolute atomic E-state index is 11.0. The molecule has 0 N–H and O–H groups in total. The molecule has 0 saturated heterocycles. The van der Waals surface area contributed by atoms with Crippen LogP contribution >= 0.6 is 15.9 Å². The van der Waals surface area contributed by atoms with E-state index >= 15 is 0 Å². The van der Waals surface area contributed by atoms with Gasteiger partial charge in [-0.05, 0) is 19.8 Å². The quantitative estimate of drug-likeness (QED) is 0.325. The molecule has 76 valence electrons. The Morgan fingerprint density at radius 1 is 1.54 bits per heavy atom. The van der Waals surface area contributed by atoms with Crippen molar-refractivity contribution in [3.63, 3.8) is 0 Å². The smallest absolute Gasteiger partial charge is 0.317 e. The zero-order valence-electron chi connectivity index (χ0n) is 8.34. The number of halogens is 1. The van der Waals surface area contributed by atoms with Crippen LogP contribution in [-0.4, -0.2) is 16.5 Å². The highest BCUT2D eigenvalue weighted by molar-refractivity contribution is 9.10. The van der Waals surface area contributed by atoms with Gasteiger partial charge in [-0.2, -0.15) is 0 Å². The number of alkyl halides is 1.